The number of rotatable bonds is 8. The van der Waals surface area contributed by atoms with Crippen molar-refractivity contribution in [2.75, 3.05) is 19.7 Å². The van der Waals surface area contributed by atoms with Gasteiger partial charge in [0.25, 0.3) is 0 Å². The first-order chi connectivity index (χ1) is 16.2. The molecule has 0 aromatic rings. The van der Waals surface area contributed by atoms with Gasteiger partial charge in [-0.05, 0) is 50.5 Å². The second-order valence-corrected chi connectivity index (χ2v) is 10.1. The molecule has 6 atom stereocenters. The first-order valence-corrected chi connectivity index (χ1v) is 11.5. The van der Waals surface area contributed by atoms with Crippen molar-refractivity contribution >= 4 is 17.6 Å². The number of carbonyl (C=O) groups excluding carboxylic acids is 3. The van der Waals surface area contributed by atoms with Gasteiger partial charge < -0.3 is 15.3 Å². The molecule has 2 aliphatic heterocycles. The normalized spacial score (nSPS) is 32.5. The summed E-state index contributed by atoms with van der Waals surface area (Å²) in [6, 6.07) is -2.55. The van der Waals surface area contributed by atoms with Gasteiger partial charge in [-0.1, -0.05) is 0 Å². The largest absolute Gasteiger partial charge is 0.522 e. The van der Waals surface area contributed by atoms with E-state index in [1.165, 1.54) is 0 Å². The molecule has 4 rings (SSSR count). The van der Waals surface area contributed by atoms with Crippen molar-refractivity contribution in [2.24, 2.45) is 23.2 Å². The van der Waals surface area contributed by atoms with Crippen molar-refractivity contribution < 1.29 is 50.6 Å². The van der Waals surface area contributed by atoms with E-state index < -0.39 is 72.8 Å². The lowest BCUT2D eigenvalue weighted by atomic mass is 9.94. The van der Waals surface area contributed by atoms with Crippen molar-refractivity contribution in [1.82, 2.24) is 15.5 Å². The molecule has 2 heterocycles. The molecule has 4 aliphatic rings. The van der Waals surface area contributed by atoms with Crippen molar-refractivity contribution in [3.05, 3.63) is 0 Å². The van der Waals surface area contributed by atoms with Gasteiger partial charge in [-0.15, -0.1) is 13.2 Å². The average Bonchev–Trinajstić information content (AvgIpc) is 3.63. The summed E-state index contributed by atoms with van der Waals surface area (Å²) in [6.07, 6.45) is -9.07. The molecule has 198 valence electrons. The van der Waals surface area contributed by atoms with Crippen LogP contribution in [-0.2, 0) is 19.1 Å². The number of aliphatic hydroxyl groups is 1. The van der Waals surface area contributed by atoms with Crippen LogP contribution in [-0.4, -0.2) is 78.2 Å². The van der Waals surface area contributed by atoms with E-state index in [1.807, 2.05) is 0 Å². The highest BCUT2D eigenvalue weighted by Crippen LogP contribution is 2.57. The summed E-state index contributed by atoms with van der Waals surface area (Å²) in [4.78, 5) is 39.6. The minimum atomic E-state index is -5.06. The number of nitrogens with one attached hydrogen (secondary N) is 2. The number of hydrogen-bond donors (Lipinski definition) is 3. The number of halogens is 6. The van der Waals surface area contributed by atoms with E-state index in [-0.39, 0.29) is 31.2 Å². The molecule has 4 fully saturated rings. The summed E-state index contributed by atoms with van der Waals surface area (Å²) < 4.78 is 79.9. The van der Waals surface area contributed by atoms with Crippen molar-refractivity contribution in [3.8, 4) is 0 Å². The molecular weight excluding hydrogens is 488 g/mol. The molecule has 3 N–H and O–H groups in total. The summed E-state index contributed by atoms with van der Waals surface area (Å²) in [6.45, 7) is -0.807. The Morgan fingerprint density at radius 3 is 2.37 bits per heavy atom. The molecular formula is C21H27F6N3O5. The van der Waals surface area contributed by atoms with Crippen LogP contribution in [0, 0.1) is 23.2 Å². The molecule has 0 aromatic carbocycles. The van der Waals surface area contributed by atoms with E-state index in [1.54, 1.807) is 0 Å². The monoisotopic (exact) mass is 515 g/mol. The molecule has 35 heavy (non-hydrogen) atoms. The number of ether oxygens (including phenoxy) is 1. The van der Waals surface area contributed by atoms with Crippen LogP contribution in [0.4, 0.5) is 26.3 Å². The van der Waals surface area contributed by atoms with Gasteiger partial charge in [-0.2, -0.15) is 13.2 Å². The molecule has 2 saturated carbocycles. The number of ketones is 1. The smallest absolute Gasteiger partial charge is 0.378 e. The van der Waals surface area contributed by atoms with E-state index in [2.05, 4.69) is 15.4 Å². The zero-order valence-electron chi connectivity index (χ0n) is 18.6. The second-order valence-electron chi connectivity index (χ2n) is 10.1. The van der Waals surface area contributed by atoms with Gasteiger partial charge >= 0.3 is 12.5 Å². The molecule has 14 heteroatoms. The zero-order valence-corrected chi connectivity index (χ0v) is 18.6. The average molecular weight is 515 g/mol. The standard InChI is InChI=1S/C21H27F6N3O5/c22-20(23,24)12-6-11(12)18(34)30-9-19(2-3-19)7-14(30)17(33)29-13(5-10-1-4-28-16(10)32)15(31)8-35-21(25,26)27/h10-14,16,28,32H,1-9H2,(H,29,33)/t10-,11+,12+,13-,14-,16?/m0/s1. The predicted molar refractivity (Wildman–Crippen MR) is 105 cm³/mol. The van der Waals surface area contributed by atoms with E-state index >= 15 is 0 Å². The Kier molecular flexibility index (Phi) is 6.86. The van der Waals surface area contributed by atoms with Crippen LogP contribution in [0.5, 0.6) is 0 Å². The topological polar surface area (TPSA) is 108 Å². The van der Waals surface area contributed by atoms with Crippen LogP contribution in [0.15, 0.2) is 0 Å². The lowest BCUT2D eigenvalue weighted by Gasteiger charge is -2.28. The van der Waals surface area contributed by atoms with Crippen LogP contribution in [0.1, 0.15) is 38.5 Å². The van der Waals surface area contributed by atoms with Crippen LogP contribution < -0.4 is 10.6 Å². The number of alkyl halides is 6. The number of nitrogens with zero attached hydrogens (tertiary/aromatic N) is 1. The van der Waals surface area contributed by atoms with Crippen LogP contribution in [0.2, 0.25) is 0 Å². The molecule has 0 radical (unpaired) electrons. The first kappa shape index (κ1) is 26.1. The fraction of sp³-hybridized carbons (Fsp3) is 0.857. The minimum absolute atomic E-state index is 0.131. The van der Waals surface area contributed by atoms with Gasteiger partial charge in [0.1, 0.15) is 18.9 Å². The van der Waals surface area contributed by atoms with E-state index in [4.69, 9.17) is 0 Å². The molecule has 0 aromatic heterocycles. The fourth-order valence-electron chi connectivity index (χ4n) is 5.19. The Labute approximate surface area is 196 Å². The Hall–Kier alpha value is -1.93. The molecule has 2 saturated heterocycles. The number of likely N-dealkylation sites (tertiary alicyclic amines) is 1. The van der Waals surface area contributed by atoms with Gasteiger partial charge in [0, 0.05) is 12.5 Å². The Morgan fingerprint density at radius 2 is 1.86 bits per heavy atom. The third-order valence-corrected chi connectivity index (χ3v) is 7.52. The van der Waals surface area contributed by atoms with Gasteiger partial charge in [-0.3, -0.25) is 24.4 Å². The molecule has 1 unspecified atom stereocenters. The van der Waals surface area contributed by atoms with Crippen molar-refractivity contribution in [1.29, 1.82) is 0 Å². The minimum Gasteiger partial charge on any atom is -0.378 e. The predicted octanol–water partition coefficient (Wildman–Crippen LogP) is 1.47. The van der Waals surface area contributed by atoms with E-state index in [0.29, 0.717) is 25.8 Å². The Balaban J connectivity index is 1.45. The summed E-state index contributed by atoms with van der Waals surface area (Å²) in [5, 5.41) is 15.1. The summed E-state index contributed by atoms with van der Waals surface area (Å²) in [5.41, 5.74) is -0.356. The Bertz CT molecular complexity index is 861. The third kappa shape index (κ3) is 6.08. The number of hydrogen-bond acceptors (Lipinski definition) is 6. The maximum Gasteiger partial charge on any atom is 0.522 e. The lowest BCUT2D eigenvalue weighted by molar-refractivity contribution is -0.321. The maximum absolute atomic E-state index is 13.1. The molecule has 1 spiro atoms. The highest BCUT2D eigenvalue weighted by Gasteiger charge is 2.63. The summed E-state index contributed by atoms with van der Waals surface area (Å²) in [5.74, 6) is -6.17. The van der Waals surface area contributed by atoms with Crippen molar-refractivity contribution in [2.45, 2.75) is 69.4 Å². The van der Waals surface area contributed by atoms with Gasteiger partial charge in [-0.25, -0.2) is 0 Å². The molecule has 0 bridgehead atoms. The van der Waals surface area contributed by atoms with Gasteiger partial charge in [0.05, 0.1) is 17.9 Å². The fourth-order valence-corrected chi connectivity index (χ4v) is 5.19. The zero-order chi connectivity index (χ0) is 25.8. The van der Waals surface area contributed by atoms with E-state index in [0.717, 1.165) is 4.90 Å². The maximum atomic E-state index is 13.1. The number of carbonyl (C=O) groups is 3. The number of Topliss-reactive ketones (excluding diaryl/α,β-unsaturated/α-hetero) is 1. The lowest BCUT2D eigenvalue weighted by Crippen LogP contribution is -2.52. The molecule has 2 aliphatic carbocycles. The molecule has 8 nitrogen and oxygen atoms in total. The molecule has 2 amide bonds. The van der Waals surface area contributed by atoms with Crippen LogP contribution >= 0.6 is 0 Å². The van der Waals surface area contributed by atoms with Crippen LogP contribution in [0.3, 0.4) is 0 Å². The Morgan fingerprint density at radius 1 is 1.17 bits per heavy atom. The van der Waals surface area contributed by atoms with Gasteiger partial charge in [0.15, 0.2) is 5.78 Å². The first-order valence-electron chi connectivity index (χ1n) is 11.5. The highest BCUT2D eigenvalue weighted by atomic mass is 19.4. The summed E-state index contributed by atoms with van der Waals surface area (Å²) in [7, 11) is 0. The van der Waals surface area contributed by atoms with Crippen molar-refractivity contribution in [3.63, 3.8) is 0 Å². The van der Waals surface area contributed by atoms with E-state index in [9.17, 15) is 45.8 Å². The quantitative estimate of drug-likeness (QED) is 0.423. The van der Waals surface area contributed by atoms with Crippen LogP contribution in [0.25, 0.3) is 0 Å². The summed E-state index contributed by atoms with van der Waals surface area (Å²) >= 11 is 0. The number of amides is 2. The third-order valence-electron chi connectivity index (χ3n) is 7.52. The van der Waals surface area contributed by atoms with Gasteiger partial charge in [0.2, 0.25) is 11.8 Å². The SMILES string of the molecule is O=C(COC(F)(F)F)[C@H](C[C@@H]1CCNC1O)NC(=O)[C@@H]1CC2(CC2)CN1C(=O)[C@@H]1C[C@H]1C(F)(F)F. The second kappa shape index (κ2) is 9.18. The highest BCUT2D eigenvalue weighted by molar-refractivity contribution is 5.94. The number of aliphatic hydroxyl groups excluding tert-OH is 1.